The normalized spacial score (nSPS) is 24.1. The van der Waals surface area contributed by atoms with E-state index in [1.54, 1.807) is 4.90 Å². The molecule has 0 saturated carbocycles. The summed E-state index contributed by atoms with van der Waals surface area (Å²) in [6.45, 7) is 4.91. The van der Waals surface area contributed by atoms with Crippen LogP contribution in [0.2, 0.25) is 0 Å². The maximum absolute atomic E-state index is 13.5. The lowest BCUT2D eigenvalue weighted by Gasteiger charge is -2.36. The van der Waals surface area contributed by atoms with E-state index in [1.165, 1.54) is 0 Å². The molecule has 1 aromatic rings. The number of amides is 1. The Morgan fingerprint density at radius 3 is 2.50 bits per heavy atom. The highest BCUT2D eigenvalue weighted by atomic mass is 19.1. The summed E-state index contributed by atoms with van der Waals surface area (Å²) in [5.41, 5.74) is -0.198. The van der Waals surface area contributed by atoms with Crippen LogP contribution >= 0.6 is 0 Å². The van der Waals surface area contributed by atoms with E-state index in [9.17, 15) is 13.6 Å². The van der Waals surface area contributed by atoms with Gasteiger partial charge in [-0.1, -0.05) is 0 Å². The van der Waals surface area contributed by atoms with Crippen molar-refractivity contribution in [2.75, 3.05) is 13.1 Å². The first-order chi connectivity index (χ1) is 8.47. The first-order valence-corrected chi connectivity index (χ1v) is 5.97. The Morgan fingerprint density at radius 2 is 1.89 bits per heavy atom. The lowest BCUT2D eigenvalue weighted by molar-refractivity contribution is 0.0668. The third-order valence-electron chi connectivity index (χ3n) is 3.00. The molecule has 2 rings (SSSR count). The van der Waals surface area contributed by atoms with Gasteiger partial charge in [-0.15, -0.1) is 0 Å². The van der Waals surface area contributed by atoms with Gasteiger partial charge in [0.25, 0.3) is 5.91 Å². The van der Waals surface area contributed by atoms with E-state index in [1.807, 2.05) is 13.8 Å². The van der Waals surface area contributed by atoms with Gasteiger partial charge in [-0.05, 0) is 32.0 Å². The highest BCUT2D eigenvalue weighted by Crippen LogP contribution is 2.15. The number of nitrogens with one attached hydrogen (secondary N) is 1. The Morgan fingerprint density at radius 1 is 1.28 bits per heavy atom. The van der Waals surface area contributed by atoms with Crippen LogP contribution in [0.25, 0.3) is 0 Å². The van der Waals surface area contributed by atoms with Gasteiger partial charge < -0.3 is 10.2 Å². The first-order valence-electron chi connectivity index (χ1n) is 5.97. The van der Waals surface area contributed by atoms with Crippen molar-refractivity contribution in [1.29, 1.82) is 0 Å². The summed E-state index contributed by atoms with van der Waals surface area (Å²) in [6.07, 6.45) is 0. The molecule has 0 bridgehead atoms. The van der Waals surface area contributed by atoms with Gasteiger partial charge in [0, 0.05) is 25.2 Å². The van der Waals surface area contributed by atoms with E-state index in [2.05, 4.69) is 5.32 Å². The van der Waals surface area contributed by atoms with Gasteiger partial charge in [0.05, 0.1) is 5.56 Å². The lowest BCUT2D eigenvalue weighted by atomic mass is 10.1. The quantitative estimate of drug-likeness (QED) is 0.828. The molecular formula is C13H16F2N2O. The van der Waals surface area contributed by atoms with Gasteiger partial charge in [-0.2, -0.15) is 0 Å². The predicted molar refractivity (Wildman–Crippen MR) is 64.3 cm³/mol. The second-order valence-electron chi connectivity index (χ2n) is 4.80. The topological polar surface area (TPSA) is 32.3 Å². The minimum atomic E-state index is -0.680. The highest BCUT2D eigenvalue weighted by molar-refractivity contribution is 5.94. The van der Waals surface area contributed by atoms with E-state index < -0.39 is 17.5 Å². The molecule has 3 nitrogen and oxygen atoms in total. The second-order valence-corrected chi connectivity index (χ2v) is 4.80. The zero-order valence-corrected chi connectivity index (χ0v) is 10.4. The molecule has 0 unspecified atom stereocenters. The monoisotopic (exact) mass is 254 g/mol. The molecule has 5 heteroatoms. The number of benzene rings is 1. The van der Waals surface area contributed by atoms with Crippen molar-refractivity contribution in [2.45, 2.75) is 25.9 Å². The molecule has 2 atom stereocenters. The van der Waals surface area contributed by atoms with E-state index in [4.69, 9.17) is 0 Å². The Hall–Kier alpha value is -1.49. The van der Waals surface area contributed by atoms with Crippen LogP contribution in [0.4, 0.5) is 8.78 Å². The molecule has 1 saturated heterocycles. The van der Waals surface area contributed by atoms with Crippen LogP contribution in [0.3, 0.4) is 0 Å². The third-order valence-corrected chi connectivity index (χ3v) is 3.00. The van der Waals surface area contributed by atoms with Crippen molar-refractivity contribution in [1.82, 2.24) is 10.2 Å². The summed E-state index contributed by atoms with van der Waals surface area (Å²) in [6, 6.07) is 3.24. The van der Waals surface area contributed by atoms with Gasteiger partial charge in [0.15, 0.2) is 0 Å². The second kappa shape index (κ2) is 5.02. The minimum Gasteiger partial charge on any atom is -0.335 e. The van der Waals surface area contributed by atoms with E-state index >= 15 is 0 Å². The number of nitrogens with zero attached hydrogens (tertiary/aromatic N) is 1. The van der Waals surface area contributed by atoms with Crippen LogP contribution in [-0.4, -0.2) is 36.0 Å². The molecule has 18 heavy (non-hydrogen) atoms. The summed E-state index contributed by atoms with van der Waals surface area (Å²) >= 11 is 0. The fraction of sp³-hybridized carbons (Fsp3) is 0.462. The Balaban J connectivity index is 2.22. The van der Waals surface area contributed by atoms with Crippen molar-refractivity contribution < 1.29 is 13.6 Å². The standard InChI is InChI=1S/C13H16F2N2O/c1-8-6-17(7-9(2)16-8)13(18)11-5-10(14)3-4-12(11)15/h3-5,8-9,16H,6-7H2,1-2H3/t8-,9-/m0/s1. The molecule has 0 aromatic heterocycles. The fourth-order valence-electron chi connectivity index (χ4n) is 2.32. The molecule has 1 amide bonds. The van der Waals surface area contributed by atoms with E-state index in [0.29, 0.717) is 13.1 Å². The van der Waals surface area contributed by atoms with Gasteiger partial charge in [0.1, 0.15) is 11.6 Å². The molecule has 1 heterocycles. The summed E-state index contributed by atoms with van der Waals surface area (Å²) in [5.74, 6) is -1.73. The van der Waals surface area contributed by atoms with Gasteiger partial charge in [-0.25, -0.2) is 8.78 Å². The number of halogens is 2. The minimum absolute atomic E-state index is 0.148. The van der Waals surface area contributed by atoms with Gasteiger partial charge in [0.2, 0.25) is 0 Å². The predicted octanol–water partition coefficient (Wildman–Crippen LogP) is 1.79. The van der Waals surface area contributed by atoms with Crippen molar-refractivity contribution in [3.8, 4) is 0 Å². The van der Waals surface area contributed by atoms with E-state index in [0.717, 1.165) is 18.2 Å². The van der Waals surface area contributed by atoms with E-state index in [-0.39, 0.29) is 17.6 Å². The SMILES string of the molecule is C[C@H]1CN(C(=O)c2cc(F)ccc2F)C[C@H](C)N1. The maximum Gasteiger partial charge on any atom is 0.257 e. The fourth-order valence-corrected chi connectivity index (χ4v) is 2.32. The van der Waals surface area contributed by atoms with Crippen LogP contribution < -0.4 is 5.32 Å². The average Bonchev–Trinajstić information content (AvgIpc) is 2.30. The molecule has 1 aliphatic rings. The molecule has 1 N–H and O–H groups in total. The summed E-state index contributed by atoms with van der Waals surface area (Å²) in [7, 11) is 0. The summed E-state index contributed by atoms with van der Waals surface area (Å²) in [5, 5.41) is 3.28. The van der Waals surface area contributed by atoms with Crippen molar-refractivity contribution in [3.05, 3.63) is 35.4 Å². The largest absolute Gasteiger partial charge is 0.335 e. The number of hydrogen-bond donors (Lipinski definition) is 1. The van der Waals surface area contributed by atoms with Gasteiger partial charge in [-0.3, -0.25) is 4.79 Å². The zero-order chi connectivity index (χ0) is 13.3. The van der Waals surface area contributed by atoms with Crippen LogP contribution in [-0.2, 0) is 0 Å². The Bertz CT molecular complexity index is 454. The molecule has 1 aromatic carbocycles. The van der Waals surface area contributed by atoms with Crippen LogP contribution in [0, 0.1) is 11.6 Å². The van der Waals surface area contributed by atoms with Crippen LogP contribution in [0.1, 0.15) is 24.2 Å². The molecule has 0 radical (unpaired) electrons. The van der Waals surface area contributed by atoms with Crippen LogP contribution in [0.5, 0.6) is 0 Å². The third kappa shape index (κ3) is 2.67. The van der Waals surface area contributed by atoms with Crippen molar-refractivity contribution in [2.24, 2.45) is 0 Å². The number of rotatable bonds is 1. The highest BCUT2D eigenvalue weighted by Gasteiger charge is 2.27. The Labute approximate surface area is 105 Å². The number of carbonyl (C=O) groups excluding carboxylic acids is 1. The Kier molecular flexibility index (Phi) is 3.61. The number of hydrogen-bond acceptors (Lipinski definition) is 2. The molecule has 1 fully saturated rings. The van der Waals surface area contributed by atoms with Crippen molar-refractivity contribution >= 4 is 5.91 Å². The maximum atomic E-state index is 13.5. The van der Waals surface area contributed by atoms with Crippen molar-refractivity contribution in [3.63, 3.8) is 0 Å². The molecule has 98 valence electrons. The summed E-state index contributed by atoms with van der Waals surface area (Å²) < 4.78 is 26.6. The molecule has 0 spiro atoms. The lowest BCUT2D eigenvalue weighted by Crippen LogP contribution is -2.55. The summed E-state index contributed by atoms with van der Waals surface area (Å²) in [4.78, 5) is 13.7. The zero-order valence-electron chi connectivity index (χ0n) is 10.4. The van der Waals surface area contributed by atoms with Crippen LogP contribution in [0.15, 0.2) is 18.2 Å². The smallest absolute Gasteiger partial charge is 0.257 e. The molecule has 1 aliphatic heterocycles. The molecular weight excluding hydrogens is 238 g/mol. The van der Waals surface area contributed by atoms with Gasteiger partial charge >= 0.3 is 0 Å². The first kappa shape index (κ1) is 13.0. The molecule has 0 aliphatic carbocycles. The number of carbonyl (C=O) groups is 1. The number of piperazine rings is 1. The average molecular weight is 254 g/mol.